The van der Waals surface area contributed by atoms with E-state index in [1.54, 1.807) is 52.3 Å². The Kier molecular flexibility index (Phi) is 6.42. The summed E-state index contributed by atoms with van der Waals surface area (Å²) in [6.07, 6.45) is 2.30. The lowest BCUT2D eigenvalue weighted by Crippen LogP contribution is -2.37. The summed E-state index contributed by atoms with van der Waals surface area (Å²) in [4.78, 5) is 28.7. The van der Waals surface area contributed by atoms with Crippen molar-refractivity contribution in [2.24, 2.45) is 0 Å². The minimum atomic E-state index is -0.525. The van der Waals surface area contributed by atoms with Gasteiger partial charge in [0, 0.05) is 31.7 Å². The molecule has 1 fully saturated rings. The summed E-state index contributed by atoms with van der Waals surface area (Å²) in [5.41, 5.74) is 0.636. The number of amides is 2. The van der Waals surface area contributed by atoms with Crippen molar-refractivity contribution in [3.05, 3.63) is 78.1 Å². The van der Waals surface area contributed by atoms with E-state index in [0.717, 1.165) is 0 Å². The molecule has 0 unspecified atom stereocenters. The first kappa shape index (κ1) is 19.6. The first-order chi connectivity index (χ1) is 13.6. The lowest BCUT2D eigenvalue weighted by molar-refractivity contribution is 0.0716. The molecule has 5 nitrogen and oxygen atoms in total. The van der Waals surface area contributed by atoms with Crippen molar-refractivity contribution in [1.82, 2.24) is 9.80 Å². The smallest absolute Gasteiger partial charge is 0.256 e. The van der Waals surface area contributed by atoms with Crippen LogP contribution in [0.25, 0.3) is 0 Å². The second-order valence-corrected chi connectivity index (χ2v) is 6.54. The second kappa shape index (κ2) is 9.17. The number of halogens is 1. The molecule has 2 aromatic rings. The van der Waals surface area contributed by atoms with Crippen molar-refractivity contribution < 1.29 is 18.7 Å². The van der Waals surface area contributed by atoms with E-state index in [1.807, 2.05) is 0 Å². The fourth-order valence-corrected chi connectivity index (χ4v) is 3.16. The number of rotatable bonds is 5. The highest BCUT2D eigenvalue weighted by molar-refractivity contribution is 5.95. The molecular formula is C22H23FN2O3. The zero-order valence-corrected chi connectivity index (χ0v) is 15.6. The molecule has 0 aliphatic carbocycles. The topological polar surface area (TPSA) is 49.9 Å². The number of benzene rings is 2. The normalized spacial score (nSPS) is 14.3. The molecule has 0 saturated carbocycles. The largest absolute Gasteiger partial charge is 0.490 e. The molecule has 1 saturated heterocycles. The third-order valence-corrected chi connectivity index (χ3v) is 4.64. The van der Waals surface area contributed by atoms with Crippen LogP contribution in [0, 0.1) is 5.82 Å². The third kappa shape index (κ3) is 4.57. The van der Waals surface area contributed by atoms with Crippen LogP contribution in [0.5, 0.6) is 5.75 Å². The van der Waals surface area contributed by atoms with E-state index in [0.29, 0.717) is 50.5 Å². The van der Waals surface area contributed by atoms with Gasteiger partial charge in [-0.25, -0.2) is 4.39 Å². The Morgan fingerprint density at radius 1 is 0.964 bits per heavy atom. The molecule has 0 atom stereocenters. The van der Waals surface area contributed by atoms with Gasteiger partial charge in [0.25, 0.3) is 11.8 Å². The van der Waals surface area contributed by atoms with Crippen LogP contribution in [0.1, 0.15) is 27.1 Å². The van der Waals surface area contributed by atoms with Crippen molar-refractivity contribution in [1.29, 1.82) is 0 Å². The fraction of sp³-hybridized carbons (Fsp3) is 0.273. The van der Waals surface area contributed by atoms with Crippen LogP contribution in [0.3, 0.4) is 0 Å². The molecule has 28 heavy (non-hydrogen) atoms. The molecule has 0 aromatic heterocycles. The van der Waals surface area contributed by atoms with Crippen molar-refractivity contribution in [2.75, 3.05) is 32.8 Å². The van der Waals surface area contributed by atoms with Gasteiger partial charge in [0.2, 0.25) is 0 Å². The van der Waals surface area contributed by atoms with Gasteiger partial charge in [-0.2, -0.15) is 0 Å². The van der Waals surface area contributed by atoms with Gasteiger partial charge in [-0.05, 0) is 42.8 Å². The summed E-state index contributed by atoms with van der Waals surface area (Å²) in [5.74, 6) is -0.274. The van der Waals surface area contributed by atoms with Crippen LogP contribution in [-0.4, -0.2) is 54.4 Å². The van der Waals surface area contributed by atoms with Crippen LogP contribution in [0.4, 0.5) is 4.39 Å². The number of ether oxygens (including phenoxy) is 1. The fourth-order valence-electron chi connectivity index (χ4n) is 3.16. The summed E-state index contributed by atoms with van der Waals surface area (Å²) < 4.78 is 19.3. The van der Waals surface area contributed by atoms with Gasteiger partial charge in [-0.3, -0.25) is 9.59 Å². The lowest BCUT2D eigenvalue weighted by atomic mass is 10.2. The van der Waals surface area contributed by atoms with E-state index in [-0.39, 0.29) is 17.4 Å². The Bertz CT molecular complexity index is 851. The van der Waals surface area contributed by atoms with Crippen molar-refractivity contribution in [3.8, 4) is 5.75 Å². The maximum atomic E-state index is 13.9. The van der Waals surface area contributed by atoms with E-state index in [1.165, 1.54) is 12.1 Å². The Labute approximate surface area is 164 Å². The number of hydrogen-bond donors (Lipinski definition) is 0. The third-order valence-electron chi connectivity index (χ3n) is 4.64. The minimum Gasteiger partial charge on any atom is -0.490 e. The molecule has 0 bridgehead atoms. The molecule has 0 N–H and O–H groups in total. The predicted molar refractivity (Wildman–Crippen MR) is 105 cm³/mol. The maximum Gasteiger partial charge on any atom is 0.256 e. The van der Waals surface area contributed by atoms with Gasteiger partial charge in [0.05, 0.1) is 5.56 Å². The highest BCUT2D eigenvalue weighted by atomic mass is 19.1. The number of carbonyl (C=O) groups excluding carboxylic acids is 2. The summed E-state index contributed by atoms with van der Waals surface area (Å²) >= 11 is 0. The molecule has 1 heterocycles. The minimum absolute atomic E-state index is 0.0670. The Morgan fingerprint density at radius 2 is 1.61 bits per heavy atom. The van der Waals surface area contributed by atoms with Crippen LogP contribution in [0.2, 0.25) is 0 Å². The van der Waals surface area contributed by atoms with E-state index >= 15 is 0 Å². The predicted octanol–water partition coefficient (Wildman–Crippen LogP) is 3.38. The van der Waals surface area contributed by atoms with Crippen molar-refractivity contribution in [2.45, 2.75) is 6.42 Å². The summed E-state index contributed by atoms with van der Waals surface area (Å²) in [6.45, 7) is 5.83. The van der Waals surface area contributed by atoms with Gasteiger partial charge in [0.15, 0.2) is 0 Å². The Hall–Kier alpha value is -3.15. The number of hydrogen-bond acceptors (Lipinski definition) is 3. The lowest BCUT2D eigenvalue weighted by Gasteiger charge is -2.22. The molecule has 1 aliphatic rings. The quantitative estimate of drug-likeness (QED) is 0.745. The average Bonchev–Trinajstić information content (AvgIpc) is 2.98. The van der Waals surface area contributed by atoms with E-state index in [9.17, 15) is 14.0 Å². The first-order valence-electron chi connectivity index (χ1n) is 9.27. The molecular weight excluding hydrogens is 359 g/mol. The van der Waals surface area contributed by atoms with E-state index < -0.39 is 5.82 Å². The molecule has 0 radical (unpaired) electrons. The van der Waals surface area contributed by atoms with Crippen LogP contribution in [-0.2, 0) is 0 Å². The average molecular weight is 382 g/mol. The standard InChI is InChI=1S/C22H23FN2O3/c1-2-16-28-18-10-8-17(9-11-18)21(26)24-12-5-13-25(15-14-24)22(27)19-6-3-4-7-20(19)23/h2-4,6-11H,1,5,12-16H2. The van der Waals surface area contributed by atoms with Crippen LogP contribution >= 0.6 is 0 Å². The number of nitrogens with zero attached hydrogens (tertiary/aromatic N) is 2. The molecule has 2 aromatic carbocycles. The zero-order chi connectivity index (χ0) is 19.9. The van der Waals surface area contributed by atoms with Crippen LogP contribution in [0.15, 0.2) is 61.2 Å². The summed E-state index contributed by atoms with van der Waals surface area (Å²) in [5, 5.41) is 0. The Balaban J connectivity index is 1.63. The number of carbonyl (C=O) groups is 2. The summed E-state index contributed by atoms with van der Waals surface area (Å²) in [6, 6.07) is 12.9. The molecule has 1 aliphatic heterocycles. The van der Waals surface area contributed by atoms with E-state index in [4.69, 9.17) is 4.74 Å². The monoisotopic (exact) mass is 382 g/mol. The van der Waals surface area contributed by atoms with Gasteiger partial charge in [0.1, 0.15) is 18.2 Å². The maximum absolute atomic E-state index is 13.9. The van der Waals surface area contributed by atoms with Crippen molar-refractivity contribution in [3.63, 3.8) is 0 Å². The highest BCUT2D eigenvalue weighted by Gasteiger charge is 2.24. The van der Waals surface area contributed by atoms with Crippen molar-refractivity contribution >= 4 is 11.8 Å². The first-order valence-corrected chi connectivity index (χ1v) is 9.27. The second-order valence-electron chi connectivity index (χ2n) is 6.54. The van der Waals surface area contributed by atoms with Crippen LogP contribution < -0.4 is 4.74 Å². The Morgan fingerprint density at radius 3 is 2.25 bits per heavy atom. The molecule has 2 amide bonds. The van der Waals surface area contributed by atoms with E-state index in [2.05, 4.69) is 6.58 Å². The van der Waals surface area contributed by atoms with Gasteiger partial charge in [-0.1, -0.05) is 24.8 Å². The van der Waals surface area contributed by atoms with Gasteiger partial charge < -0.3 is 14.5 Å². The molecule has 0 spiro atoms. The zero-order valence-electron chi connectivity index (χ0n) is 15.6. The highest BCUT2D eigenvalue weighted by Crippen LogP contribution is 2.16. The molecule has 6 heteroatoms. The molecule has 146 valence electrons. The van der Waals surface area contributed by atoms with Gasteiger partial charge in [-0.15, -0.1) is 0 Å². The molecule has 3 rings (SSSR count). The van der Waals surface area contributed by atoms with Gasteiger partial charge >= 0.3 is 0 Å². The SMILES string of the molecule is C=CCOc1ccc(C(=O)N2CCCN(C(=O)c3ccccc3F)CC2)cc1. The summed E-state index contributed by atoms with van der Waals surface area (Å²) in [7, 11) is 0.